The van der Waals surface area contributed by atoms with Gasteiger partial charge in [0.25, 0.3) is 0 Å². The van der Waals surface area contributed by atoms with Gasteiger partial charge in [0.15, 0.2) is 0 Å². The molecular weight excluding hydrogens is 255 g/mol. The number of ether oxygens (including phenoxy) is 1. The molecular formula is C16H23FN2O. The number of methoxy groups -OCH3 is 1. The quantitative estimate of drug-likeness (QED) is 0.810. The highest BCUT2D eigenvalue weighted by Gasteiger charge is 2.24. The summed E-state index contributed by atoms with van der Waals surface area (Å²) in [7, 11) is 1.56. The first-order chi connectivity index (χ1) is 9.76. The molecule has 1 aromatic rings. The van der Waals surface area contributed by atoms with Crippen molar-refractivity contribution in [2.24, 2.45) is 0 Å². The second-order valence-corrected chi connectivity index (χ2v) is 5.06. The predicted molar refractivity (Wildman–Crippen MR) is 79.6 cm³/mol. The Morgan fingerprint density at radius 2 is 2.20 bits per heavy atom. The summed E-state index contributed by atoms with van der Waals surface area (Å²) in [6, 6.07) is 5.27. The maximum Gasteiger partial charge on any atom is 0.131 e. The summed E-state index contributed by atoms with van der Waals surface area (Å²) >= 11 is 0. The summed E-state index contributed by atoms with van der Waals surface area (Å²) in [5.41, 5.74) is 0.759. The lowest BCUT2D eigenvalue weighted by Gasteiger charge is -2.35. The minimum Gasteiger partial charge on any atom is -0.497 e. The van der Waals surface area contributed by atoms with Crippen LogP contribution in [0.3, 0.4) is 0 Å². The Bertz CT molecular complexity index is 444. The molecule has 1 aliphatic heterocycles. The molecule has 0 saturated carbocycles. The molecule has 1 aromatic carbocycles. The van der Waals surface area contributed by atoms with Crippen LogP contribution in [-0.2, 0) is 0 Å². The zero-order valence-electron chi connectivity index (χ0n) is 12.1. The van der Waals surface area contributed by atoms with E-state index in [4.69, 9.17) is 4.74 Å². The van der Waals surface area contributed by atoms with Gasteiger partial charge in [-0.1, -0.05) is 12.1 Å². The monoisotopic (exact) mass is 278 g/mol. The fourth-order valence-electron chi connectivity index (χ4n) is 2.71. The van der Waals surface area contributed by atoms with Gasteiger partial charge in [-0.05, 0) is 18.9 Å². The third kappa shape index (κ3) is 3.58. The van der Waals surface area contributed by atoms with Crippen molar-refractivity contribution in [2.75, 3.05) is 33.3 Å². The molecule has 0 aliphatic carbocycles. The van der Waals surface area contributed by atoms with Gasteiger partial charge in [-0.15, -0.1) is 6.58 Å². The van der Waals surface area contributed by atoms with Gasteiger partial charge in [-0.25, -0.2) is 4.39 Å². The van der Waals surface area contributed by atoms with Crippen molar-refractivity contribution in [1.82, 2.24) is 10.2 Å². The lowest BCUT2D eigenvalue weighted by molar-refractivity contribution is 0.163. The van der Waals surface area contributed by atoms with Gasteiger partial charge in [0, 0.05) is 43.9 Å². The van der Waals surface area contributed by atoms with Crippen LogP contribution in [0.1, 0.15) is 24.4 Å². The number of hydrogen-bond donors (Lipinski definition) is 1. The van der Waals surface area contributed by atoms with E-state index in [2.05, 4.69) is 16.8 Å². The molecule has 0 spiro atoms. The zero-order valence-corrected chi connectivity index (χ0v) is 12.1. The van der Waals surface area contributed by atoms with E-state index < -0.39 is 0 Å². The number of halogens is 1. The van der Waals surface area contributed by atoms with E-state index in [0.29, 0.717) is 5.75 Å². The van der Waals surface area contributed by atoms with Crippen molar-refractivity contribution in [1.29, 1.82) is 0 Å². The van der Waals surface area contributed by atoms with Crippen LogP contribution in [0.2, 0.25) is 0 Å². The van der Waals surface area contributed by atoms with Gasteiger partial charge in [0.2, 0.25) is 0 Å². The summed E-state index contributed by atoms with van der Waals surface area (Å²) in [6.45, 7) is 7.60. The van der Waals surface area contributed by atoms with Crippen molar-refractivity contribution in [3.63, 3.8) is 0 Å². The highest BCUT2D eigenvalue weighted by atomic mass is 19.1. The Morgan fingerprint density at radius 3 is 2.80 bits per heavy atom. The maximum absolute atomic E-state index is 14.3. The molecule has 0 amide bonds. The van der Waals surface area contributed by atoms with Crippen molar-refractivity contribution < 1.29 is 9.13 Å². The maximum atomic E-state index is 14.3. The molecule has 0 radical (unpaired) electrons. The largest absolute Gasteiger partial charge is 0.497 e. The smallest absolute Gasteiger partial charge is 0.131 e. The molecule has 3 nitrogen and oxygen atoms in total. The Morgan fingerprint density at radius 1 is 1.45 bits per heavy atom. The molecule has 2 rings (SSSR count). The highest BCUT2D eigenvalue weighted by Crippen LogP contribution is 2.30. The molecule has 1 aliphatic rings. The SMILES string of the molecule is C=CCC[C@H](c1ccc(OC)cc1F)N1CCNCC1. The molecule has 0 aromatic heterocycles. The van der Waals surface area contributed by atoms with Crippen molar-refractivity contribution in [3.8, 4) is 5.75 Å². The van der Waals surface area contributed by atoms with Crippen molar-refractivity contribution >= 4 is 0 Å². The molecule has 4 heteroatoms. The molecule has 1 N–H and O–H groups in total. The van der Waals surface area contributed by atoms with E-state index in [-0.39, 0.29) is 11.9 Å². The second-order valence-electron chi connectivity index (χ2n) is 5.06. The van der Waals surface area contributed by atoms with Crippen LogP contribution in [0.5, 0.6) is 5.75 Å². The molecule has 1 heterocycles. The van der Waals surface area contributed by atoms with Crippen LogP contribution in [0.15, 0.2) is 30.9 Å². The lowest BCUT2D eigenvalue weighted by Crippen LogP contribution is -2.45. The zero-order chi connectivity index (χ0) is 14.4. The Labute approximate surface area is 120 Å². The number of piperazine rings is 1. The fourth-order valence-corrected chi connectivity index (χ4v) is 2.71. The molecule has 0 unspecified atom stereocenters. The van der Waals surface area contributed by atoms with Crippen LogP contribution in [0.4, 0.5) is 4.39 Å². The van der Waals surface area contributed by atoms with Gasteiger partial charge >= 0.3 is 0 Å². The number of allylic oxidation sites excluding steroid dienone is 1. The van der Waals surface area contributed by atoms with E-state index in [0.717, 1.165) is 44.6 Å². The first kappa shape index (κ1) is 15.0. The third-order valence-corrected chi connectivity index (χ3v) is 3.80. The van der Waals surface area contributed by atoms with E-state index >= 15 is 0 Å². The molecule has 20 heavy (non-hydrogen) atoms. The third-order valence-electron chi connectivity index (χ3n) is 3.80. The summed E-state index contributed by atoms with van der Waals surface area (Å²) in [4.78, 5) is 2.35. The van der Waals surface area contributed by atoms with Gasteiger partial charge in [0.05, 0.1) is 7.11 Å². The topological polar surface area (TPSA) is 24.5 Å². The molecule has 1 fully saturated rings. The van der Waals surface area contributed by atoms with Crippen LogP contribution < -0.4 is 10.1 Å². The summed E-state index contributed by atoms with van der Waals surface area (Å²) in [5.74, 6) is 0.381. The average Bonchev–Trinajstić information content (AvgIpc) is 2.50. The van der Waals surface area contributed by atoms with Crippen LogP contribution in [-0.4, -0.2) is 38.2 Å². The number of nitrogens with one attached hydrogen (secondary N) is 1. The standard InChI is InChI=1S/C16H23FN2O/c1-3-4-5-16(19-10-8-18-9-11-19)14-7-6-13(20-2)12-15(14)17/h3,6-7,12,16,18H,1,4-5,8-11H2,2H3/t16-/m1/s1. The summed E-state index contributed by atoms with van der Waals surface area (Å²) in [6.07, 6.45) is 3.68. The van der Waals surface area contributed by atoms with Gasteiger partial charge in [-0.3, -0.25) is 4.90 Å². The molecule has 0 bridgehead atoms. The lowest BCUT2D eigenvalue weighted by atomic mass is 9.98. The first-order valence-electron chi connectivity index (χ1n) is 7.15. The minimum absolute atomic E-state index is 0.112. The number of benzene rings is 1. The molecule has 110 valence electrons. The second kappa shape index (κ2) is 7.41. The number of hydrogen-bond acceptors (Lipinski definition) is 3. The van der Waals surface area contributed by atoms with Crippen LogP contribution in [0, 0.1) is 5.82 Å². The minimum atomic E-state index is -0.183. The van der Waals surface area contributed by atoms with E-state index in [1.54, 1.807) is 7.11 Å². The van der Waals surface area contributed by atoms with Crippen LogP contribution in [0.25, 0.3) is 0 Å². The first-order valence-corrected chi connectivity index (χ1v) is 7.15. The predicted octanol–water partition coefficient (Wildman–Crippen LogP) is 2.75. The molecule has 1 atom stereocenters. The fraction of sp³-hybridized carbons (Fsp3) is 0.500. The van der Waals surface area contributed by atoms with E-state index in [1.165, 1.54) is 6.07 Å². The van der Waals surface area contributed by atoms with Gasteiger partial charge in [-0.2, -0.15) is 0 Å². The Balaban J connectivity index is 2.22. The Kier molecular flexibility index (Phi) is 5.56. The van der Waals surface area contributed by atoms with Crippen molar-refractivity contribution in [3.05, 3.63) is 42.2 Å². The summed E-state index contributed by atoms with van der Waals surface area (Å²) in [5, 5.41) is 3.33. The van der Waals surface area contributed by atoms with Crippen LogP contribution >= 0.6 is 0 Å². The highest BCUT2D eigenvalue weighted by molar-refractivity contribution is 5.31. The summed E-state index contributed by atoms with van der Waals surface area (Å²) < 4.78 is 19.4. The number of nitrogens with zero attached hydrogens (tertiary/aromatic N) is 1. The van der Waals surface area contributed by atoms with E-state index in [1.807, 2.05) is 18.2 Å². The van der Waals surface area contributed by atoms with Gasteiger partial charge < -0.3 is 10.1 Å². The van der Waals surface area contributed by atoms with Crippen molar-refractivity contribution in [2.45, 2.75) is 18.9 Å². The van der Waals surface area contributed by atoms with Gasteiger partial charge in [0.1, 0.15) is 11.6 Å². The Hall–Kier alpha value is -1.39. The average molecular weight is 278 g/mol. The van der Waals surface area contributed by atoms with E-state index in [9.17, 15) is 4.39 Å². The normalized spacial score (nSPS) is 17.7. The molecule has 1 saturated heterocycles. The number of rotatable bonds is 6.